The smallest absolute Gasteiger partial charge is 0.357 e. The molecule has 15 heavy (non-hydrogen) atoms. The van der Waals surface area contributed by atoms with Crippen molar-refractivity contribution in [1.29, 1.82) is 0 Å². The van der Waals surface area contributed by atoms with Crippen LogP contribution in [-0.4, -0.2) is 32.2 Å². The van der Waals surface area contributed by atoms with Gasteiger partial charge in [0.05, 0.1) is 14.2 Å². The number of methoxy groups -OCH3 is 2. The fourth-order valence-corrected chi connectivity index (χ4v) is 1.34. The molecule has 1 aromatic rings. The Kier molecular flexibility index (Phi) is 3.32. The summed E-state index contributed by atoms with van der Waals surface area (Å²) >= 11 is 0. The molecular weight excluding hydrogens is 224 g/mol. The van der Waals surface area contributed by atoms with Gasteiger partial charge in [-0.25, -0.2) is 0 Å². The van der Waals surface area contributed by atoms with Gasteiger partial charge in [0.25, 0.3) is 0 Å². The molecule has 0 aromatic carbocycles. The van der Waals surface area contributed by atoms with Crippen LogP contribution in [0, 0.1) is 0 Å². The van der Waals surface area contributed by atoms with Crippen molar-refractivity contribution in [2.45, 2.75) is 0 Å². The Morgan fingerprint density at radius 1 is 1.33 bits per heavy atom. The Hall–Kier alpha value is -1.54. The summed E-state index contributed by atoms with van der Waals surface area (Å²) in [5.74, 6) is 0.278. The Labute approximate surface area is 86.9 Å². The highest BCUT2D eigenvalue weighted by Crippen LogP contribution is 2.25. The molecule has 1 heterocycles. The average Bonchev–Trinajstić information content (AvgIpc) is 2.16. The number of hydrogen-bond acceptors (Lipinski definition) is 5. The third kappa shape index (κ3) is 3.26. The molecule has 7 nitrogen and oxygen atoms in total. The molecule has 84 valence electrons. The maximum absolute atomic E-state index is 10.6. The lowest BCUT2D eigenvalue weighted by Gasteiger charge is -2.08. The van der Waals surface area contributed by atoms with Crippen LogP contribution in [0.3, 0.4) is 0 Å². The summed E-state index contributed by atoms with van der Waals surface area (Å²) < 4.78 is 41.1. The second-order valence-electron chi connectivity index (χ2n) is 2.49. The molecule has 0 saturated heterocycles. The quantitative estimate of drug-likeness (QED) is 0.728. The topological polar surface area (TPSA) is 97.8 Å². The van der Waals surface area contributed by atoms with Crippen molar-refractivity contribution in [3.05, 3.63) is 12.1 Å². The van der Waals surface area contributed by atoms with E-state index in [-0.39, 0.29) is 17.4 Å². The van der Waals surface area contributed by atoms with E-state index in [4.69, 9.17) is 14.0 Å². The van der Waals surface area contributed by atoms with Gasteiger partial charge in [-0.15, -0.1) is 0 Å². The predicted octanol–water partition coefficient (Wildman–Crippen LogP) is 0.313. The van der Waals surface area contributed by atoms with E-state index in [0.29, 0.717) is 0 Å². The third-order valence-corrected chi connectivity index (χ3v) is 1.95. The Balaban J connectivity index is 3.08. The second-order valence-corrected chi connectivity index (χ2v) is 3.64. The number of pyridine rings is 1. The number of anilines is 1. The van der Waals surface area contributed by atoms with E-state index in [1.807, 2.05) is 4.72 Å². The molecule has 0 saturated carbocycles. The third-order valence-electron chi connectivity index (χ3n) is 1.48. The number of hydrogen-bond donors (Lipinski definition) is 2. The monoisotopic (exact) mass is 234 g/mol. The minimum absolute atomic E-state index is 0.00646. The fourth-order valence-electron chi connectivity index (χ4n) is 0.909. The van der Waals surface area contributed by atoms with Crippen LogP contribution in [0.15, 0.2) is 12.1 Å². The van der Waals surface area contributed by atoms with E-state index in [1.54, 1.807) is 0 Å². The second kappa shape index (κ2) is 4.32. The Morgan fingerprint density at radius 3 is 2.47 bits per heavy atom. The molecule has 2 N–H and O–H groups in total. The first kappa shape index (κ1) is 11.5. The molecule has 0 fully saturated rings. The van der Waals surface area contributed by atoms with E-state index in [9.17, 15) is 8.42 Å². The summed E-state index contributed by atoms with van der Waals surface area (Å²) in [6.45, 7) is 0. The SMILES string of the molecule is COc1ccc(NS(=O)(=O)O)c(OC)n1. The van der Waals surface area contributed by atoms with Crippen LogP contribution in [0.4, 0.5) is 5.69 Å². The van der Waals surface area contributed by atoms with Crippen molar-refractivity contribution in [1.82, 2.24) is 4.98 Å². The molecule has 0 radical (unpaired) electrons. The van der Waals surface area contributed by atoms with Crippen molar-refractivity contribution in [3.8, 4) is 11.8 Å². The molecule has 0 atom stereocenters. The summed E-state index contributed by atoms with van der Waals surface area (Å²) in [6, 6.07) is 2.79. The van der Waals surface area contributed by atoms with Crippen LogP contribution in [0.2, 0.25) is 0 Å². The molecule has 0 amide bonds. The van der Waals surface area contributed by atoms with E-state index in [2.05, 4.69) is 4.98 Å². The summed E-state index contributed by atoms with van der Waals surface area (Å²) in [4.78, 5) is 3.81. The first-order chi connectivity index (χ1) is 6.96. The molecule has 0 aliphatic rings. The van der Waals surface area contributed by atoms with Crippen LogP contribution in [-0.2, 0) is 10.3 Å². The maximum Gasteiger partial charge on any atom is 0.357 e. The molecule has 0 aliphatic heterocycles. The summed E-state index contributed by atoms with van der Waals surface area (Å²) in [5.41, 5.74) is 0.0285. The molecule has 1 aromatic heterocycles. The van der Waals surface area contributed by atoms with E-state index in [1.165, 1.54) is 26.4 Å². The van der Waals surface area contributed by atoms with Gasteiger partial charge in [0.1, 0.15) is 5.69 Å². The van der Waals surface area contributed by atoms with Crippen LogP contribution >= 0.6 is 0 Å². The average molecular weight is 234 g/mol. The Morgan fingerprint density at radius 2 is 2.00 bits per heavy atom. The Bertz CT molecular complexity index is 445. The van der Waals surface area contributed by atoms with Gasteiger partial charge < -0.3 is 9.47 Å². The fraction of sp³-hybridized carbons (Fsp3) is 0.286. The largest absolute Gasteiger partial charge is 0.481 e. The maximum atomic E-state index is 10.6. The van der Waals surface area contributed by atoms with Crippen LogP contribution in [0.1, 0.15) is 0 Å². The molecule has 0 spiro atoms. The van der Waals surface area contributed by atoms with Gasteiger partial charge >= 0.3 is 10.3 Å². The van der Waals surface area contributed by atoms with E-state index < -0.39 is 10.3 Å². The van der Waals surface area contributed by atoms with Crippen molar-refractivity contribution >= 4 is 16.0 Å². The normalized spacial score (nSPS) is 10.9. The number of aromatic nitrogens is 1. The number of ether oxygens (including phenoxy) is 2. The molecule has 0 unspecified atom stereocenters. The lowest BCUT2D eigenvalue weighted by atomic mass is 10.4. The highest BCUT2D eigenvalue weighted by atomic mass is 32.2. The minimum atomic E-state index is -4.34. The lowest BCUT2D eigenvalue weighted by Crippen LogP contribution is -2.11. The molecule has 1 rings (SSSR count). The zero-order valence-electron chi connectivity index (χ0n) is 8.09. The highest BCUT2D eigenvalue weighted by molar-refractivity contribution is 7.87. The van der Waals surface area contributed by atoms with Gasteiger partial charge in [0.15, 0.2) is 0 Å². The van der Waals surface area contributed by atoms with Gasteiger partial charge in [0, 0.05) is 6.07 Å². The number of rotatable bonds is 4. The van der Waals surface area contributed by atoms with Gasteiger partial charge in [-0.3, -0.25) is 9.27 Å². The summed E-state index contributed by atoms with van der Waals surface area (Å²) in [6.07, 6.45) is 0. The summed E-state index contributed by atoms with van der Waals surface area (Å²) in [7, 11) is -1.61. The minimum Gasteiger partial charge on any atom is -0.481 e. The first-order valence-corrected chi connectivity index (χ1v) is 5.24. The molecule has 0 bridgehead atoms. The van der Waals surface area contributed by atoms with Crippen LogP contribution < -0.4 is 14.2 Å². The molecule has 0 aliphatic carbocycles. The highest BCUT2D eigenvalue weighted by Gasteiger charge is 2.11. The van der Waals surface area contributed by atoms with Crippen LogP contribution in [0.25, 0.3) is 0 Å². The van der Waals surface area contributed by atoms with E-state index >= 15 is 0 Å². The van der Waals surface area contributed by atoms with Crippen molar-refractivity contribution in [3.63, 3.8) is 0 Å². The molecular formula is C7H10N2O5S. The van der Waals surface area contributed by atoms with E-state index in [0.717, 1.165) is 0 Å². The summed E-state index contributed by atoms with van der Waals surface area (Å²) in [5, 5.41) is 0. The lowest BCUT2D eigenvalue weighted by molar-refractivity contribution is 0.366. The number of nitrogens with one attached hydrogen (secondary N) is 1. The standard InChI is InChI=1S/C7H10N2O5S/c1-13-6-4-3-5(7(8-6)14-2)9-15(10,11)12/h3-4,9H,1-2H3,(H,10,11,12). The van der Waals surface area contributed by atoms with Crippen molar-refractivity contribution in [2.24, 2.45) is 0 Å². The van der Waals surface area contributed by atoms with Gasteiger partial charge in [-0.1, -0.05) is 0 Å². The predicted molar refractivity (Wildman–Crippen MR) is 52.5 cm³/mol. The van der Waals surface area contributed by atoms with Crippen molar-refractivity contribution in [2.75, 3.05) is 18.9 Å². The molecule has 8 heteroatoms. The number of nitrogens with zero attached hydrogens (tertiary/aromatic N) is 1. The van der Waals surface area contributed by atoms with Gasteiger partial charge in [0.2, 0.25) is 11.8 Å². The van der Waals surface area contributed by atoms with Crippen molar-refractivity contribution < 1.29 is 22.4 Å². The zero-order chi connectivity index (χ0) is 11.5. The van der Waals surface area contributed by atoms with Gasteiger partial charge in [-0.05, 0) is 6.07 Å². The van der Waals surface area contributed by atoms with Gasteiger partial charge in [-0.2, -0.15) is 13.4 Å². The first-order valence-electron chi connectivity index (χ1n) is 3.80. The van der Waals surface area contributed by atoms with Crippen LogP contribution in [0.5, 0.6) is 11.8 Å². The zero-order valence-corrected chi connectivity index (χ0v) is 8.91.